The normalized spacial score (nSPS) is 27.2. The molecule has 0 N–H and O–H groups in total. The molecule has 4 saturated carbocycles. The predicted molar refractivity (Wildman–Crippen MR) is 132 cm³/mol. The van der Waals surface area contributed by atoms with Gasteiger partial charge in [-0.05, 0) is 94.7 Å². The van der Waals surface area contributed by atoms with Crippen molar-refractivity contribution < 1.29 is 14.0 Å². The highest BCUT2D eigenvalue weighted by Crippen LogP contribution is 2.60. The molecule has 4 fully saturated rings. The quantitative estimate of drug-likeness (QED) is 0.515. The summed E-state index contributed by atoms with van der Waals surface area (Å²) >= 11 is 0. The van der Waals surface area contributed by atoms with Crippen LogP contribution in [0.25, 0.3) is 0 Å². The molecule has 34 heavy (non-hydrogen) atoms. The minimum absolute atomic E-state index is 0.00566. The van der Waals surface area contributed by atoms with Crippen molar-refractivity contribution in [1.29, 1.82) is 0 Å². The van der Waals surface area contributed by atoms with E-state index in [0.717, 1.165) is 36.3 Å². The van der Waals surface area contributed by atoms with Gasteiger partial charge in [-0.2, -0.15) is 0 Å². The standard InChI is InChI=1S/C29H38N2O3/c1-20(2)31(28(33)29-14-23-11-24(15-29)13-25(12-23)16-29)19-27(32)30(17-22-7-5-4-6-8-22)18-26-10-9-21(3)34-26/h4-10,20,23-25H,11-19H2,1-3H3. The number of aryl methyl sites for hydroxylation is 1. The van der Waals surface area contributed by atoms with Crippen LogP contribution in [0.2, 0.25) is 0 Å². The summed E-state index contributed by atoms with van der Waals surface area (Å²) in [5.41, 5.74) is 0.837. The summed E-state index contributed by atoms with van der Waals surface area (Å²) in [7, 11) is 0. The van der Waals surface area contributed by atoms with Gasteiger partial charge in [0.25, 0.3) is 0 Å². The van der Waals surface area contributed by atoms with Crippen LogP contribution < -0.4 is 0 Å². The molecule has 0 unspecified atom stereocenters. The third-order valence-corrected chi connectivity index (χ3v) is 8.39. The zero-order valence-electron chi connectivity index (χ0n) is 20.8. The van der Waals surface area contributed by atoms with E-state index < -0.39 is 0 Å². The second kappa shape index (κ2) is 9.24. The number of hydrogen-bond acceptors (Lipinski definition) is 3. The maximum atomic E-state index is 14.1. The van der Waals surface area contributed by atoms with Gasteiger partial charge >= 0.3 is 0 Å². The van der Waals surface area contributed by atoms with E-state index >= 15 is 0 Å². The zero-order chi connectivity index (χ0) is 23.9. The van der Waals surface area contributed by atoms with Gasteiger partial charge in [0.05, 0.1) is 12.0 Å². The molecule has 1 heterocycles. The van der Waals surface area contributed by atoms with E-state index in [0.29, 0.717) is 30.8 Å². The van der Waals surface area contributed by atoms with E-state index in [1.807, 2.05) is 73.0 Å². The Kier molecular flexibility index (Phi) is 6.30. The number of carbonyl (C=O) groups is 2. The summed E-state index contributed by atoms with van der Waals surface area (Å²) in [4.78, 5) is 31.5. The molecular weight excluding hydrogens is 424 g/mol. The van der Waals surface area contributed by atoms with Gasteiger partial charge in [-0.15, -0.1) is 0 Å². The van der Waals surface area contributed by atoms with Gasteiger partial charge in [-0.1, -0.05) is 30.3 Å². The summed E-state index contributed by atoms with van der Waals surface area (Å²) < 4.78 is 5.79. The number of benzene rings is 1. The Morgan fingerprint density at radius 1 is 0.941 bits per heavy atom. The van der Waals surface area contributed by atoms with Gasteiger partial charge in [0.15, 0.2) is 0 Å². The molecule has 2 aromatic rings. The van der Waals surface area contributed by atoms with Gasteiger partial charge in [0, 0.05) is 12.6 Å². The van der Waals surface area contributed by atoms with Crippen molar-refractivity contribution in [2.24, 2.45) is 23.2 Å². The van der Waals surface area contributed by atoms with Crippen molar-refractivity contribution in [3.05, 3.63) is 59.5 Å². The lowest BCUT2D eigenvalue weighted by atomic mass is 9.49. The third-order valence-electron chi connectivity index (χ3n) is 8.39. The van der Waals surface area contributed by atoms with E-state index in [2.05, 4.69) is 0 Å². The van der Waals surface area contributed by atoms with Crippen LogP contribution in [-0.4, -0.2) is 34.2 Å². The lowest BCUT2D eigenvalue weighted by Crippen LogP contribution is -2.57. The minimum atomic E-state index is -0.234. The molecule has 5 nitrogen and oxygen atoms in total. The molecule has 0 saturated heterocycles. The topological polar surface area (TPSA) is 53.8 Å². The van der Waals surface area contributed by atoms with E-state index in [9.17, 15) is 9.59 Å². The molecule has 1 aromatic carbocycles. The van der Waals surface area contributed by atoms with E-state index in [4.69, 9.17) is 4.42 Å². The van der Waals surface area contributed by atoms with Crippen molar-refractivity contribution in [2.45, 2.75) is 78.4 Å². The number of nitrogens with zero attached hydrogens (tertiary/aromatic N) is 2. The van der Waals surface area contributed by atoms with E-state index in [1.54, 1.807) is 0 Å². The number of furan rings is 1. The number of rotatable bonds is 8. The van der Waals surface area contributed by atoms with E-state index in [-0.39, 0.29) is 29.8 Å². The Balaban J connectivity index is 1.35. The molecule has 0 aliphatic heterocycles. The first-order valence-corrected chi connectivity index (χ1v) is 13.0. The zero-order valence-corrected chi connectivity index (χ0v) is 20.8. The van der Waals surface area contributed by atoms with Crippen molar-refractivity contribution >= 4 is 11.8 Å². The van der Waals surface area contributed by atoms with Crippen molar-refractivity contribution in [3.8, 4) is 0 Å². The maximum Gasteiger partial charge on any atom is 0.242 e. The summed E-state index contributed by atoms with van der Waals surface area (Å²) in [6.45, 7) is 7.03. The Morgan fingerprint density at radius 2 is 1.56 bits per heavy atom. The maximum absolute atomic E-state index is 14.1. The van der Waals surface area contributed by atoms with Crippen LogP contribution in [0.15, 0.2) is 46.9 Å². The van der Waals surface area contributed by atoms with Gasteiger partial charge in [-0.3, -0.25) is 9.59 Å². The number of hydrogen-bond donors (Lipinski definition) is 0. The summed E-state index contributed by atoms with van der Waals surface area (Å²) in [5, 5.41) is 0. The Morgan fingerprint density at radius 3 is 2.09 bits per heavy atom. The Hall–Kier alpha value is -2.56. The lowest BCUT2D eigenvalue weighted by Gasteiger charge is -2.57. The average molecular weight is 463 g/mol. The van der Waals surface area contributed by atoms with E-state index in [1.165, 1.54) is 19.3 Å². The van der Waals surface area contributed by atoms with Crippen molar-refractivity contribution in [3.63, 3.8) is 0 Å². The average Bonchev–Trinajstić information content (AvgIpc) is 3.20. The Bertz CT molecular complexity index is 990. The molecule has 0 spiro atoms. The summed E-state index contributed by atoms with van der Waals surface area (Å²) in [5.74, 6) is 3.92. The van der Waals surface area contributed by atoms with Crippen LogP contribution >= 0.6 is 0 Å². The van der Waals surface area contributed by atoms with Crippen LogP contribution in [0.4, 0.5) is 0 Å². The molecule has 2 amide bonds. The highest BCUT2D eigenvalue weighted by Gasteiger charge is 2.56. The molecule has 5 heteroatoms. The first-order valence-electron chi connectivity index (χ1n) is 13.0. The van der Waals surface area contributed by atoms with Crippen LogP contribution in [0.1, 0.15) is 69.5 Å². The van der Waals surface area contributed by atoms with Crippen molar-refractivity contribution in [1.82, 2.24) is 9.80 Å². The van der Waals surface area contributed by atoms with Gasteiger partial charge in [-0.25, -0.2) is 0 Å². The first-order chi connectivity index (χ1) is 16.3. The molecule has 0 atom stereocenters. The molecule has 6 rings (SSSR count). The second-order valence-electron chi connectivity index (χ2n) is 11.5. The highest BCUT2D eigenvalue weighted by molar-refractivity contribution is 5.88. The van der Waals surface area contributed by atoms with Gasteiger partial charge in [0.1, 0.15) is 18.1 Å². The monoisotopic (exact) mass is 462 g/mol. The summed E-state index contributed by atoms with van der Waals surface area (Å²) in [6, 6.07) is 13.9. The molecule has 4 bridgehead atoms. The van der Waals surface area contributed by atoms with Crippen LogP contribution in [-0.2, 0) is 22.7 Å². The number of carbonyl (C=O) groups excluding carboxylic acids is 2. The highest BCUT2D eigenvalue weighted by atomic mass is 16.3. The minimum Gasteiger partial charge on any atom is -0.464 e. The predicted octanol–water partition coefficient (Wildman–Crippen LogP) is 5.57. The molecule has 182 valence electrons. The van der Waals surface area contributed by atoms with Crippen LogP contribution in [0.5, 0.6) is 0 Å². The fourth-order valence-electron chi connectivity index (χ4n) is 7.21. The van der Waals surface area contributed by atoms with Crippen LogP contribution in [0, 0.1) is 30.1 Å². The molecule has 4 aliphatic carbocycles. The van der Waals surface area contributed by atoms with Gasteiger partial charge < -0.3 is 14.2 Å². The molecular formula is C29H38N2O3. The van der Waals surface area contributed by atoms with Crippen LogP contribution in [0.3, 0.4) is 0 Å². The first kappa shape index (κ1) is 23.2. The fourth-order valence-corrected chi connectivity index (χ4v) is 7.21. The fraction of sp³-hybridized carbons (Fsp3) is 0.586. The molecule has 4 aliphatic rings. The second-order valence-corrected chi connectivity index (χ2v) is 11.5. The number of amides is 2. The third kappa shape index (κ3) is 4.67. The molecule has 0 radical (unpaired) electrons. The van der Waals surface area contributed by atoms with Gasteiger partial charge in [0.2, 0.25) is 11.8 Å². The largest absolute Gasteiger partial charge is 0.464 e. The van der Waals surface area contributed by atoms with Crippen molar-refractivity contribution in [2.75, 3.05) is 6.54 Å². The lowest BCUT2D eigenvalue weighted by molar-refractivity contribution is -0.162. The molecule has 1 aromatic heterocycles. The SMILES string of the molecule is Cc1ccc(CN(Cc2ccccc2)C(=O)CN(C(=O)C23CC4CC(CC(C4)C2)C3)C(C)C)o1. The smallest absolute Gasteiger partial charge is 0.242 e. The Labute approximate surface area is 203 Å². The summed E-state index contributed by atoms with van der Waals surface area (Å²) in [6.07, 6.45) is 6.99.